The summed E-state index contributed by atoms with van der Waals surface area (Å²) in [5.41, 5.74) is 3.85. The third kappa shape index (κ3) is 5.25. The molecule has 3 rings (SSSR count). The molecule has 0 aliphatic carbocycles. The predicted molar refractivity (Wildman–Crippen MR) is 97.3 cm³/mol. The molecule has 0 aromatic heterocycles. The summed E-state index contributed by atoms with van der Waals surface area (Å²) in [6, 6.07) is 16.1. The topological polar surface area (TPSA) is 50.4 Å². The summed E-state index contributed by atoms with van der Waals surface area (Å²) in [7, 11) is 0. The van der Waals surface area contributed by atoms with Crippen molar-refractivity contribution in [3.05, 3.63) is 65.2 Å². The van der Waals surface area contributed by atoms with Gasteiger partial charge in [0.05, 0.1) is 6.61 Å². The summed E-state index contributed by atoms with van der Waals surface area (Å²) >= 11 is 0. The van der Waals surface area contributed by atoms with Crippen molar-refractivity contribution in [2.45, 2.75) is 32.5 Å². The summed E-state index contributed by atoms with van der Waals surface area (Å²) < 4.78 is 5.58. The minimum absolute atomic E-state index is 0. The molecule has 2 N–H and O–H groups in total. The molecule has 128 valence electrons. The minimum atomic E-state index is 0. The van der Waals surface area contributed by atoms with E-state index in [2.05, 4.69) is 28.8 Å². The van der Waals surface area contributed by atoms with E-state index in [0.717, 1.165) is 30.8 Å². The Kier molecular flexibility index (Phi) is 7.09. The van der Waals surface area contributed by atoms with E-state index in [1.54, 1.807) is 0 Å². The molecule has 24 heavy (non-hydrogen) atoms. The van der Waals surface area contributed by atoms with E-state index in [0.29, 0.717) is 19.6 Å². The molecule has 2 aromatic carbocycles. The molecule has 1 aliphatic rings. The van der Waals surface area contributed by atoms with Crippen LogP contribution < -0.4 is 15.4 Å². The zero-order valence-electron chi connectivity index (χ0n) is 13.6. The maximum Gasteiger partial charge on any atom is 0.220 e. The number of carbonyl (C=O) groups excluding carboxylic acids is 1. The Morgan fingerprint density at radius 1 is 1.08 bits per heavy atom. The Hall–Kier alpha value is -2.04. The van der Waals surface area contributed by atoms with Crippen molar-refractivity contribution in [3.63, 3.8) is 0 Å². The molecule has 0 saturated carbocycles. The highest BCUT2D eigenvalue weighted by Crippen LogP contribution is 2.17. The number of para-hydroxylation sites is 1. The largest absolute Gasteiger partial charge is 0.494 e. The van der Waals surface area contributed by atoms with Crippen LogP contribution in [0.5, 0.6) is 5.75 Å². The van der Waals surface area contributed by atoms with Crippen molar-refractivity contribution in [1.29, 1.82) is 0 Å². The molecule has 0 bridgehead atoms. The molecule has 1 amide bonds. The van der Waals surface area contributed by atoms with E-state index >= 15 is 0 Å². The number of halogens is 1. The molecule has 5 heteroatoms. The number of fused-ring (bicyclic) bond motifs is 1. The van der Waals surface area contributed by atoms with Gasteiger partial charge in [0.15, 0.2) is 0 Å². The first-order valence-corrected chi connectivity index (χ1v) is 8.07. The van der Waals surface area contributed by atoms with E-state index in [9.17, 15) is 4.79 Å². The van der Waals surface area contributed by atoms with Crippen molar-refractivity contribution < 1.29 is 9.53 Å². The number of hydrogen-bond acceptors (Lipinski definition) is 3. The maximum atomic E-state index is 11.9. The zero-order valence-corrected chi connectivity index (χ0v) is 14.4. The monoisotopic (exact) mass is 346 g/mol. The van der Waals surface area contributed by atoms with Crippen LogP contribution in [0, 0.1) is 0 Å². The number of nitrogens with one attached hydrogen (secondary N) is 2. The zero-order chi connectivity index (χ0) is 15.9. The van der Waals surface area contributed by atoms with Crippen molar-refractivity contribution in [2.75, 3.05) is 6.61 Å². The standard InChI is InChI=1S/C19H22N2O2.ClH/c22-19(7-4-10-23-18-5-2-1-3-6-18)21-12-15-8-9-16-13-20-14-17(16)11-15;/h1-3,5-6,8-9,11,20H,4,7,10,12-14H2,(H,21,22);1H. The lowest BCUT2D eigenvalue weighted by Crippen LogP contribution is -2.23. The quantitative estimate of drug-likeness (QED) is 0.757. The first-order valence-electron chi connectivity index (χ1n) is 8.07. The van der Waals surface area contributed by atoms with Crippen LogP contribution in [-0.2, 0) is 24.4 Å². The second-order valence-corrected chi connectivity index (χ2v) is 5.75. The maximum absolute atomic E-state index is 11.9. The van der Waals surface area contributed by atoms with Crippen LogP contribution in [0.25, 0.3) is 0 Å². The molecule has 0 unspecified atom stereocenters. The fourth-order valence-electron chi connectivity index (χ4n) is 2.69. The van der Waals surface area contributed by atoms with E-state index in [1.807, 2.05) is 30.3 Å². The number of amides is 1. The van der Waals surface area contributed by atoms with Gasteiger partial charge < -0.3 is 15.4 Å². The van der Waals surface area contributed by atoms with Gasteiger partial charge in [0, 0.05) is 26.1 Å². The summed E-state index contributed by atoms with van der Waals surface area (Å²) in [6.07, 6.45) is 1.20. The van der Waals surface area contributed by atoms with Gasteiger partial charge in [-0.25, -0.2) is 0 Å². The molecule has 0 fully saturated rings. The van der Waals surface area contributed by atoms with Crippen LogP contribution in [0.1, 0.15) is 29.5 Å². The van der Waals surface area contributed by atoms with Crippen molar-refractivity contribution in [3.8, 4) is 5.75 Å². The predicted octanol–water partition coefficient (Wildman–Crippen LogP) is 3.19. The van der Waals surface area contributed by atoms with Crippen molar-refractivity contribution in [1.82, 2.24) is 10.6 Å². The van der Waals surface area contributed by atoms with Gasteiger partial charge in [0.1, 0.15) is 5.75 Å². The summed E-state index contributed by atoms with van der Waals surface area (Å²) in [4.78, 5) is 11.9. The Morgan fingerprint density at radius 2 is 1.88 bits per heavy atom. The van der Waals surface area contributed by atoms with Gasteiger partial charge >= 0.3 is 0 Å². The fourth-order valence-corrected chi connectivity index (χ4v) is 2.69. The number of ether oxygens (including phenoxy) is 1. The Morgan fingerprint density at radius 3 is 2.71 bits per heavy atom. The van der Waals surface area contributed by atoms with E-state index in [-0.39, 0.29) is 18.3 Å². The van der Waals surface area contributed by atoms with Gasteiger partial charge in [-0.1, -0.05) is 36.4 Å². The highest BCUT2D eigenvalue weighted by molar-refractivity contribution is 5.85. The highest BCUT2D eigenvalue weighted by Gasteiger charge is 2.10. The van der Waals surface area contributed by atoms with Gasteiger partial charge in [0.2, 0.25) is 5.91 Å². The van der Waals surface area contributed by atoms with Crippen molar-refractivity contribution in [2.24, 2.45) is 0 Å². The Bertz CT molecular complexity index is 662. The summed E-state index contributed by atoms with van der Waals surface area (Å²) in [5.74, 6) is 0.917. The van der Waals surface area contributed by atoms with Gasteiger partial charge in [-0.3, -0.25) is 4.79 Å². The second kappa shape index (κ2) is 9.30. The molecule has 0 saturated heterocycles. The third-order valence-corrected chi connectivity index (χ3v) is 3.95. The van der Waals surface area contributed by atoms with Gasteiger partial charge in [0.25, 0.3) is 0 Å². The SMILES string of the molecule is Cl.O=C(CCCOc1ccccc1)NCc1ccc2c(c1)CNC2. The van der Waals surface area contributed by atoms with Gasteiger partial charge in [-0.05, 0) is 35.2 Å². The highest BCUT2D eigenvalue weighted by atomic mass is 35.5. The molecule has 0 spiro atoms. The van der Waals surface area contributed by atoms with Crippen LogP contribution >= 0.6 is 12.4 Å². The molecule has 4 nitrogen and oxygen atoms in total. The fraction of sp³-hybridized carbons (Fsp3) is 0.316. The first kappa shape index (κ1) is 18.3. The number of benzene rings is 2. The summed E-state index contributed by atoms with van der Waals surface area (Å²) in [6.45, 7) is 3.02. The Balaban J connectivity index is 0.00000208. The molecule has 2 aromatic rings. The van der Waals surface area contributed by atoms with Crippen molar-refractivity contribution >= 4 is 18.3 Å². The van der Waals surface area contributed by atoms with Crippen LogP contribution in [0.15, 0.2) is 48.5 Å². The average Bonchev–Trinajstić information content (AvgIpc) is 3.05. The molecule has 1 heterocycles. The number of carbonyl (C=O) groups is 1. The van der Waals surface area contributed by atoms with Crippen LogP contribution in [0.4, 0.5) is 0 Å². The van der Waals surface area contributed by atoms with E-state index in [4.69, 9.17) is 4.74 Å². The lowest BCUT2D eigenvalue weighted by Gasteiger charge is -2.08. The normalized spacial score (nSPS) is 12.2. The van der Waals surface area contributed by atoms with Crippen LogP contribution in [-0.4, -0.2) is 12.5 Å². The minimum Gasteiger partial charge on any atom is -0.494 e. The third-order valence-electron chi connectivity index (χ3n) is 3.95. The molecule has 0 radical (unpaired) electrons. The molecular formula is C19H23ClN2O2. The second-order valence-electron chi connectivity index (χ2n) is 5.75. The average molecular weight is 347 g/mol. The van der Waals surface area contributed by atoms with Gasteiger partial charge in [-0.2, -0.15) is 0 Å². The lowest BCUT2D eigenvalue weighted by molar-refractivity contribution is -0.121. The smallest absolute Gasteiger partial charge is 0.220 e. The summed E-state index contributed by atoms with van der Waals surface area (Å²) in [5, 5.41) is 6.30. The Labute approximate surface area is 149 Å². The molecule has 0 atom stereocenters. The van der Waals surface area contributed by atoms with E-state index in [1.165, 1.54) is 11.1 Å². The molecular weight excluding hydrogens is 324 g/mol. The van der Waals surface area contributed by atoms with Crippen LogP contribution in [0.2, 0.25) is 0 Å². The van der Waals surface area contributed by atoms with Gasteiger partial charge in [-0.15, -0.1) is 12.4 Å². The van der Waals surface area contributed by atoms with E-state index < -0.39 is 0 Å². The number of rotatable bonds is 7. The van der Waals surface area contributed by atoms with Crippen LogP contribution in [0.3, 0.4) is 0 Å². The molecule has 1 aliphatic heterocycles. The number of hydrogen-bond donors (Lipinski definition) is 2. The lowest BCUT2D eigenvalue weighted by atomic mass is 10.1. The first-order chi connectivity index (χ1) is 11.3.